The molecule has 3 saturated carbocycles. The van der Waals surface area contributed by atoms with E-state index in [2.05, 4.69) is 24.3 Å². The molecular weight excluding hydrogens is 332 g/mol. The maximum Gasteiger partial charge on any atom is 0.314 e. The molecule has 3 fully saturated rings. The zero-order chi connectivity index (χ0) is 18.0. The molecule has 2 heteroatoms. The van der Waals surface area contributed by atoms with E-state index in [9.17, 15) is 4.79 Å². The highest BCUT2D eigenvalue weighted by molar-refractivity contribution is 5.76. The Morgan fingerprint density at radius 3 is 2.26 bits per heavy atom. The van der Waals surface area contributed by atoms with E-state index in [1.54, 1.807) is 0 Å². The van der Waals surface area contributed by atoms with Gasteiger partial charge in [0.15, 0.2) is 0 Å². The highest BCUT2D eigenvalue weighted by atomic mass is 16.5. The van der Waals surface area contributed by atoms with Crippen LogP contribution in [0.1, 0.15) is 19.3 Å². The van der Waals surface area contributed by atoms with E-state index in [0.717, 1.165) is 41.6 Å². The molecule has 0 saturated heterocycles. The molecule has 27 heavy (non-hydrogen) atoms. The van der Waals surface area contributed by atoms with Crippen LogP contribution >= 0.6 is 0 Å². The van der Waals surface area contributed by atoms with E-state index in [-0.39, 0.29) is 11.9 Å². The average molecular weight is 356 g/mol. The first-order chi connectivity index (χ1) is 13.3. The van der Waals surface area contributed by atoms with Crippen molar-refractivity contribution in [3.63, 3.8) is 0 Å². The van der Waals surface area contributed by atoms with Gasteiger partial charge < -0.3 is 4.74 Å². The van der Waals surface area contributed by atoms with Crippen LogP contribution in [0, 0.1) is 41.4 Å². The predicted octanol–water partition coefficient (Wildman–Crippen LogP) is 5.35. The molecule has 0 aromatic heterocycles. The van der Waals surface area contributed by atoms with Gasteiger partial charge >= 0.3 is 5.97 Å². The lowest BCUT2D eigenvalue weighted by atomic mass is 9.69. The molecule has 0 spiro atoms. The first-order valence-electron chi connectivity index (χ1n) is 10.3. The number of rotatable bonds is 3. The zero-order valence-electron chi connectivity index (χ0n) is 15.3. The first-order valence-corrected chi connectivity index (χ1v) is 10.3. The third kappa shape index (κ3) is 2.35. The molecule has 2 nitrogen and oxygen atoms in total. The van der Waals surface area contributed by atoms with Gasteiger partial charge in [-0.05, 0) is 78.0 Å². The smallest absolute Gasteiger partial charge is 0.314 e. The summed E-state index contributed by atoms with van der Waals surface area (Å²) in [4.78, 5) is 12.9. The fourth-order valence-electron chi connectivity index (χ4n) is 6.82. The highest BCUT2D eigenvalue weighted by Gasteiger charge is 2.62. The number of allylic oxidation sites excluding steroid dienone is 2. The zero-order valence-corrected chi connectivity index (χ0v) is 15.3. The Morgan fingerprint density at radius 2 is 1.48 bits per heavy atom. The van der Waals surface area contributed by atoms with Gasteiger partial charge in [0.2, 0.25) is 0 Å². The Kier molecular flexibility index (Phi) is 3.38. The van der Waals surface area contributed by atoms with Crippen molar-refractivity contribution in [3.8, 4) is 16.9 Å². The van der Waals surface area contributed by atoms with Gasteiger partial charge in [0.05, 0.1) is 5.92 Å². The molecule has 0 heterocycles. The molecule has 4 aliphatic carbocycles. The lowest BCUT2D eigenvalue weighted by molar-refractivity contribution is -0.142. The molecule has 7 unspecified atom stereocenters. The second-order valence-electron chi connectivity index (χ2n) is 8.92. The lowest BCUT2D eigenvalue weighted by Gasteiger charge is -2.35. The van der Waals surface area contributed by atoms with Crippen molar-refractivity contribution in [2.24, 2.45) is 41.4 Å². The van der Waals surface area contributed by atoms with Crippen molar-refractivity contribution in [2.45, 2.75) is 19.3 Å². The summed E-state index contributed by atoms with van der Waals surface area (Å²) < 4.78 is 5.81. The van der Waals surface area contributed by atoms with Crippen LogP contribution in [-0.2, 0) is 4.79 Å². The summed E-state index contributed by atoms with van der Waals surface area (Å²) in [7, 11) is 0. The van der Waals surface area contributed by atoms with Gasteiger partial charge in [0.1, 0.15) is 5.75 Å². The summed E-state index contributed by atoms with van der Waals surface area (Å²) in [5, 5.41) is 0. The minimum Gasteiger partial charge on any atom is -0.426 e. The Labute approximate surface area is 160 Å². The maximum absolute atomic E-state index is 12.9. The molecule has 4 bridgehead atoms. The van der Waals surface area contributed by atoms with Crippen LogP contribution in [-0.4, -0.2) is 5.97 Å². The summed E-state index contributed by atoms with van der Waals surface area (Å²) in [6, 6.07) is 18.2. The molecule has 136 valence electrons. The van der Waals surface area contributed by atoms with Crippen molar-refractivity contribution >= 4 is 5.97 Å². The number of hydrogen-bond acceptors (Lipinski definition) is 2. The Morgan fingerprint density at radius 1 is 0.778 bits per heavy atom. The molecule has 6 rings (SSSR count). The van der Waals surface area contributed by atoms with Gasteiger partial charge in [0, 0.05) is 0 Å². The van der Waals surface area contributed by atoms with Crippen molar-refractivity contribution in [2.75, 3.05) is 0 Å². The quantitative estimate of drug-likeness (QED) is 0.321. The minimum absolute atomic E-state index is 0.000152. The number of hydrogen-bond donors (Lipinski definition) is 0. The van der Waals surface area contributed by atoms with Crippen LogP contribution in [0.25, 0.3) is 11.1 Å². The summed E-state index contributed by atoms with van der Waals surface area (Å²) in [6.07, 6.45) is 8.51. The molecule has 2 aromatic rings. The summed E-state index contributed by atoms with van der Waals surface area (Å²) >= 11 is 0. The van der Waals surface area contributed by atoms with E-state index < -0.39 is 0 Å². The third-order valence-corrected chi connectivity index (χ3v) is 7.75. The largest absolute Gasteiger partial charge is 0.426 e. The van der Waals surface area contributed by atoms with Crippen molar-refractivity contribution in [1.29, 1.82) is 0 Å². The molecule has 0 radical (unpaired) electrons. The van der Waals surface area contributed by atoms with E-state index in [0.29, 0.717) is 11.7 Å². The van der Waals surface area contributed by atoms with Gasteiger partial charge in [-0.3, -0.25) is 4.79 Å². The first kappa shape index (κ1) is 15.7. The second-order valence-corrected chi connectivity index (χ2v) is 8.92. The van der Waals surface area contributed by atoms with Gasteiger partial charge in [-0.2, -0.15) is 0 Å². The Balaban J connectivity index is 1.17. The van der Waals surface area contributed by atoms with Gasteiger partial charge in [-0.15, -0.1) is 0 Å². The van der Waals surface area contributed by atoms with E-state index in [1.807, 2.05) is 42.5 Å². The minimum atomic E-state index is 0.000152. The molecular formula is C25H24O2. The van der Waals surface area contributed by atoms with Crippen molar-refractivity contribution in [3.05, 3.63) is 66.7 Å². The molecule has 7 atom stereocenters. The van der Waals surface area contributed by atoms with Gasteiger partial charge in [-0.25, -0.2) is 0 Å². The number of benzene rings is 2. The number of carbonyl (C=O) groups excluding carboxylic acids is 1. The average Bonchev–Trinajstić information content (AvgIpc) is 3.48. The topological polar surface area (TPSA) is 26.3 Å². The molecule has 0 aliphatic heterocycles. The van der Waals surface area contributed by atoms with Crippen LogP contribution in [0.5, 0.6) is 5.75 Å². The second kappa shape index (κ2) is 5.82. The molecule has 0 amide bonds. The van der Waals surface area contributed by atoms with E-state index >= 15 is 0 Å². The monoisotopic (exact) mass is 356 g/mol. The van der Waals surface area contributed by atoms with Crippen LogP contribution in [0.15, 0.2) is 66.7 Å². The van der Waals surface area contributed by atoms with Crippen molar-refractivity contribution in [1.82, 2.24) is 0 Å². The maximum atomic E-state index is 12.9. The molecule has 4 aliphatic rings. The van der Waals surface area contributed by atoms with Crippen LogP contribution in [0.3, 0.4) is 0 Å². The van der Waals surface area contributed by atoms with Crippen LogP contribution in [0.2, 0.25) is 0 Å². The Hall–Kier alpha value is -2.35. The third-order valence-electron chi connectivity index (χ3n) is 7.75. The highest BCUT2D eigenvalue weighted by Crippen LogP contribution is 2.67. The predicted molar refractivity (Wildman–Crippen MR) is 105 cm³/mol. The standard InChI is InChI=1S/C25H24O2/c26-25(27-20-10-8-16(9-11-20)15-4-2-1-3-5-15)22-14-19-13-21(22)24-18-7-6-17(12-18)23(19)24/h1-11,17-19,21-24H,12-14H2. The summed E-state index contributed by atoms with van der Waals surface area (Å²) in [6.45, 7) is 0. The lowest BCUT2D eigenvalue weighted by Crippen LogP contribution is -2.36. The number of fused-ring (bicyclic) bond motifs is 9. The van der Waals surface area contributed by atoms with Gasteiger partial charge in [-0.1, -0.05) is 54.6 Å². The van der Waals surface area contributed by atoms with Crippen LogP contribution in [0.4, 0.5) is 0 Å². The van der Waals surface area contributed by atoms with Gasteiger partial charge in [0.25, 0.3) is 0 Å². The number of esters is 1. The number of carbonyl (C=O) groups is 1. The molecule has 2 aromatic carbocycles. The normalized spacial score (nSPS) is 37.6. The number of ether oxygens (including phenoxy) is 1. The SMILES string of the molecule is O=C(Oc1ccc(-c2ccccc2)cc1)C1CC2CC1C1C3C=CC(C3)C21. The summed E-state index contributed by atoms with van der Waals surface area (Å²) in [5.41, 5.74) is 2.32. The fraction of sp³-hybridized carbons (Fsp3) is 0.400. The van der Waals surface area contributed by atoms with E-state index in [1.165, 1.54) is 18.4 Å². The van der Waals surface area contributed by atoms with Crippen LogP contribution < -0.4 is 4.74 Å². The molecule has 0 N–H and O–H groups in total. The van der Waals surface area contributed by atoms with Crippen molar-refractivity contribution < 1.29 is 9.53 Å². The summed E-state index contributed by atoms with van der Waals surface area (Å²) in [5.74, 6) is 5.23. The fourth-order valence-corrected chi connectivity index (χ4v) is 6.82. The van der Waals surface area contributed by atoms with E-state index in [4.69, 9.17) is 4.74 Å². The Bertz CT molecular complexity index is 898.